The highest BCUT2D eigenvalue weighted by atomic mass is 32.2. The Morgan fingerprint density at radius 1 is 1.21 bits per heavy atom. The van der Waals surface area contributed by atoms with E-state index in [-0.39, 0.29) is 4.90 Å². The maximum atomic E-state index is 11.3. The summed E-state index contributed by atoms with van der Waals surface area (Å²) in [5.41, 5.74) is 8.12. The third-order valence-electron chi connectivity index (χ3n) is 2.70. The van der Waals surface area contributed by atoms with E-state index in [4.69, 9.17) is 5.73 Å². The van der Waals surface area contributed by atoms with Gasteiger partial charge in [0.2, 0.25) is 0 Å². The second-order valence-corrected chi connectivity index (χ2v) is 6.36. The molecule has 1 heterocycles. The number of rotatable bonds is 3. The Hall–Kier alpha value is -2.08. The second kappa shape index (κ2) is 4.89. The van der Waals surface area contributed by atoms with Crippen molar-refractivity contribution >= 4 is 27.0 Å². The number of hydrogen-bond donors (Lipinski definition) is 2. The number of hydrogen-bond acceptors (Lipinski definition) is 5. The van der Waals surface area contributed by atoms with Gasteiger partial charge >= 0.3 is 0 Å². The topological polar surface area (TPSA) is 85.1 Å². The molecule has 0 amide bonds. The van der Waals surface area contributed by atoms with Gasteiger partial charge in [-0.25, -0.2) is 13.4 Å². The van der Waals surface area contributed by atoms with E-state index in [0.717, 1.165) is 11.3 Å². The number of aryl methyl sites for hydroxylation is 1. The first-order chi connectivity index (χ1) is 8.86. The lowest BCUT2D eigenvalue weighted by atomic mass is 10.2. The highest BCUT2D eigenvalue weighted by molar-refractivity contribution is 7.90. The van der Waals surface area contributed by atoms with Crippen LogP contribution in [0.1, 0.15) is 5.56 Å². The summed E-state index contributed by atoms with van der Waals surface area (Å²) in [7, 11) is -3.17. The van der Waals surface area contributed by atoms with Crippen LogP contribution in [-0.4, -0.2) is 19.7 Å². The van der Waals surface area contributed by atoms with Crippen molar-refractivity contribution in [1.82, 2.24) is 4.98 Å². The summed E-state index contributed by atoms with van der Waals surface area (Å²) in [6.45, 7) is 1.88. The Bertz CT molecular complexity index is 694. The second-order valence-electron chi connectivity index (χ2n) is 4.35. The zero-order valence-electron chi connectivity index (χ0n) is 10.7. The molecule has 0 fully saturated rings. The predicted octanol–water partition coefficient (Wildman–Crippen LogP) is 2.12. The van der Waals surface area contributed by atoms with Gasteiger partial charge in [0.15, 0.2) is 9.84 Å². The van der Waals surface area contributed by atoms with Crippen molar-refractivity contribution in [3.05, 3.63) is 42.1 Å². The Morgan fingerprint density at radius 3 is 2.37 bits per heavy atom. The van der Waals surface area contributed by atoms with Crippen LogP contribution in [0.15, 0.2) is 41.4 Å². The third-order valence-corrected chi connectivity index (χ3v) is 3.83. The van der Waals surface area contributed by atoms with Gasteiger partial charge in [-0.2, -0.15) is 0 Å². The lowest BCUT2D eigenvalue weighted by molar-refractivity contribution is 0.602. The van der Waals surface area contributed by atoms with Crippen LogP contribution in [0.25, 0.3) is 0 Å². The number of aromatic nitrogens is 1. The van der Waals surface area contributed by atoms with Gasteiger partial charge < -0.3 is 11.1 Å². The maximum Gasteiger partial charge on any atom is 0.175 e. The Kier molecular flexibility index (Phi) is 3.44. The van der Waals surface area contributed by atoms with Gasteiger partial charge in [-0.3, -0.25) is 0 Å². The van der Waals surface area contributed by atoms with Crippen LogP contribution in [0.5, 0.6) is 0 Å². The van der Waals surface area contributed by atoms with Crippen molar-refractivity contribution in [3.8, 4) is 0 Å². The normalized spacial score (nSPS) is 11.3. The van der Waals surface area contributed by atoms with Gasteiger partial charge in [-0.1, -0.05) is 0 Å². The molecule has 0 saturated heterocycles. The molecule has 1 aromatic carbocycles. The Morgan fingerprint density at radius 2 is 1.84 bits per heavy atom. The summed E-state index contributed by atoms with van der Waals surface area (Å²) in [5, 5.41) is 3.06. The van der Waals surface area contributed by atoms with Gasteiger partial charge in [0.25, 0.3) is 0 Å². The van der Waals surface area contributed by atoms with Gasteiger partial charge in [0.1, 0.15) is 5.82 Å². The van der Waals surface area contributed by atoms with Crippen LogP contribution in [0.2, 0.25) is 0 Å². The minimum absolute atomic E-state index is 0.287. The predicted molar refractivity (Wildman–Crippen MR) is 76.2 cm³/mol. The van der Waals surface area contributed by atoms with E-state index in [1.807, 2.05) is 6.92 Å². The minimum atomic E-state index is -3.17. The zero-order chi connectivity index (χ0) is 14.0. The molecule has 0 aliphatic heterocycles. The molecule has 2 rings (SSSR count). The van der Waals surface area contributed by atoms with E-state index < -0.39 is 9.84 Å². The van der Waals surface area contributed by atoms with E-state index in [0.29, 0.717) is 11.5 Å². The molecule has 0 unspecified atom stereocenters. The lowest BCUT2D eigenvalue weighted by Crippen LogP contribution is -1.99. The van der Waals surface area contributed by atoms with Crippen molar-refractivity contribution in [2.75, 3.05) is 17.3 Å². The van der Waals surface area contributed by atoms with Crippen molar-refractivity contribution in [2.24, 2.45) is 0 Å². The molecule has 0 atom stereocenters. The number of nitrogens with zero attached hydrogens (tertiary/aromatic N) is 1. The summed E-state index contributed by atoms with van der Waals surface area (Å²) in [4.78, 5) is 4.48. The third kappa shape index (κ3) is 3.23. The van der Waals surface area contributed by atoms with Crippen LogP contribution >= 0.6 is 0 Å². The van der Waals surface area contributed by atoms with Crippen molar-refractivity contribution in [1.29, 1.82) is 0 Å². The van der Waals surface area contributed by atoms with Crippen molar-refractivity contribution in [3.63, 3.8) is 0 Å². The zero-order valence-corrected chi connectivity index (χ0v) is 11.5. The largest absolute Gasteiger partial charge is 0.398 e. The molecular formula is C13H15N3O2S. The monoisotopic (exact) mass is 277 g/mol. The summed E-state index contributed by atoms with van der Waals surface area (Å²) in [6.07, 6.45) is 2.86. The number of nitrogens with one attached hydrogen (secondary N) is 1. The molecule has 0 bridgehead atoms. The molecule has 19 heavy (non-hydrogen) atoms. The van der Waals surface area contributed by atoms with Crippen molar-refractivity contribution in [2.45, 2.75) is 11.8 Å². The standard InChI is InChI=1S/C13H15N3O2S/c1-9-8-15-13(7-12(9)14)16-10-3-5-11(6-4-10)19(2,17)18/h3-8H,1-2H3,(H3,14,15,16). The molecular weight excluding hydrogens is 262 g/mol. The van der Waals surface area contributed by atoms with Crippen LogP contribution < -0.4 is 11.1 Å². The lowest BCUT2D eigenvalue weighted by Gasteiger charge is -2.08. The van der Waals surface area contributed by atoms with Crippen LogP contribution in [0, 0.1) is 6.92 Å². The molecule has 0 radical (unpaired) electrons. The molecule has 5 nitrogen and oxygen atoms in total. The first-order valence-electron chi connectivity index (χ1n) is 5.65. The number of benzene rings is 1. The highest BCUT2D eigenvalue weighted by Gasteiger charge is 2.06. The van der Waals surface area contributed by atoms with Crippen LogP contribution in [0.4, 0.5) is 17.2 Å². The highest BCUT2D eigenvalue weighted by Crippen LogP contribution is 2.20. The molecule has 0 saturated carbocycles. The summed E-state index contributed by atoms with van der Waals surface area (Å²) < 4.78 is 22.7. The molecule has 6 heteroatoms. The molecule has 2 aromatic rings. The summed E-state index contributed by atoms with van der Waals surface area (Å²) in [6, 6.07) is 8.21. The SMILES string of the molecule is Cc1cnc(Nc2ccc(S(C)(=O)=O)cc2)cc1N. The number of nitrogens with two attached hydrogens (primary N) is 1. The molecule has 100 valence electrons. The Balaban J connectivity index is 2.22. The van der Waals surface area contributed by atoms with Gasteiger partial charge in [-0.15, -0.1) is 0 Å². The molecule has 3 N–H and O–H groups in total. The van der Waals surface area contributed by atoms with Gasteiger partial charge in [0, 0.05) is 29.9 Å². The van der Waals surface area contributed by atoms with Gasteiger partial charge in [-0.05, 0) is 36.8 Å². The van der Waals surface area contributed by atoms with E-state index >= 15 is 0 Å². The number of nitrogen functional groups attached to an aromatic ring is 1. The molecule has 0 aliphatic carbocycles. The fraction of sp³-hybridized carbons (Fsp3) is 0.154. The number of sulfone groups is 1. The fourth-order valence-corrected chi connectivity index (χ4v) is 2.17. The van der Waals surface area contributed by atoms with Crippen LogP contribution in [-0.2, 0) is 9.84 Å². The van der Waals surface area contributed by atoms with Crippen LogP contribution in [0.3, 0.4) is 0 Å². The van der Waals surface area contributed by atoms with E-state index in [1.165, 1.54) is 6.26 Å². The summed E-state index contributed by atoms with van der Waals surface area (Å²) >= 11 is 0. The number of anilines is 3. The minimum Gasteiger partial charge on any atom is -0.398 e. The summed E-state index contributed by atoms with van der Waals surface area (Å²) in [5.74, 6) is 0.621. The fourth-order valence-electron chi connectivity index (χ4n) is 1.54. The average molecular weight is 277 g/mol. The quantitative estimate of drug-likeness (QED) is 0.897. The Labute approximate surface area is 112 Å². The molecule has 0 aliphatic rings. The molecule has 0 spiro atoms. The molecule has 1 aromatic heterocycles. The maximum absolute atomic E-state index is 11.3. The first kappa shape index (κ1) is 13.4. The van der Waals surface area contributed by atoms with Gasteiger partial charge in [0.05, 0.1) is 4.90 Å². The van der Waals surface area contributed by atoms with E-state index in [2.05, 4.69) is 10.3 Å². The average Bonchev–Trinajstić information content (AvgIpc) is 2.33. The van der Waals surface area contributed by atoms with E-state index in [1.54, 1.807) is 36.5 Å². The first-order valence-corrected chi connectivity index (χ1v) is 7.54. The van der Waals surface area contributed by atoms with Crippen molar-refractivity contribution < 1.29 is 8.42 Å². The smallest absolute Gasteiger partial charge is 0.175 e. The number of pyridine rings is 1. The van der Waals surface area contributed by atoms with E-state index in [9.17, 15) is 8.42 Å².